The number of hydrogen-bond acceptors (Lipinski definition) is 14. The van der Waals surface area contributed by atoms with Crippen molar-refractivity contribution in [2.75, 3.05) is 104 Å². The van der Waals surface area contributed by atoms with Gasteiger partial charge in [-0.15, -0.1) is 0 Å². The van der Waals surface area contributed by atoms with Crippen molar-refractivity contribution < 1.29 is 52.3 Å². The first-order valence-electron chi connectivity index (χ1n) is 21.4. The number of aromatic nitrogens is 1. The van der Waals surface area contributed by atoms with Crippen LogP contribution in [-0.2, 0) is 54.1 Å². The van der Waals surface area contributed by atoms with Crippen LogP contribution in [0.2, 0.25) is 0 Å². The number of nitrogens with one attached hydrogen (secondary N) is 5. The predicted molar refractivity (Wildman–Crippen MR) is 238 cm³/mol. The number of anilines is 1. The van der Waals surface area contributed by atoms with E-state index in [1.54, 1.807) is 17.9 Å². The number of hydrogen-bond donors (Lipinski definition) is 5. The van der Waals surface area contributed by atoms with Crippen LogP contribution in [0.25, 0.3) is 5.57 Å². The van der Waals surface area contributed by atoms with Crippen LogP contribution in [0.15, 0.2) is 29.1 Å². The summed E-state index contributed by atoms with van der Waals surface area (Å²) in [6.07, 6.45) is 3.87. The van der Waals surface area contributed by atoms with Crippen molar-refractivity contribution in [2.24, 2.45) is 0 Å². The number of H-pyrrole nitrogens is 1. The monoisotopic (exact) mass is 884 g/mol. The average Bonchev–Trinajstić information content (AvgIpc) is 3.21. The molecule has 0 saturated heterocycles. The molecule has 1 aliphatic heterocycles. The Labute approximate surface area is 370 Å². The smallest absolute Gasteiger partial charge is 0.308 e. The number of esters is 1. The van der Waals surface area contributed by atoms with E-state index >= 15 is 0 Å². The number of carbonyl (C=O) groups excluding carboxylic acids is 4. The van der Waals surface area contributed by atoms with Crippen molar-refractivity contribution in [2.45, 2.75) is 79.5 Å². The third kappa shape index (κ3) is 20.4. The first-order chi connectivity index (χ1) is 30.1. The summed E-state index contributed by atoms with van der Waals surface area (Å²) in [6.45, 7) is 17.0. The number of rotatable bonds is 29. The lowest BCUT2D eigenvalue weighted by Crippen LogP contribution is -2.37. The van der Waals surface area contributed by atoms with Crippen molar-refractivity contribution in [3.8, 4) is 0 Å². The number of benzene rings is 1. The van der Waals surface area contributed by atoms with E-state index in [0.717, 1.165) is 28.6 Å². The molecule has 0 aliphatic carbocycles. The van der Waals surface area contributed by atoms with Crippen LogP contribution in [0.1, 0.15) is 85.8 Å². The van der Waals surface area contributed by atoms with E-state index in [1.165, 1.54) is 0 Å². The molecule has 18 nitrogen and oxygen atoms in total. The number of nitrogens with zero attached hydrogens (tertiary/aromatic N) is 1. The van der Waals surface area contributed by atoms with Crippen molar-refractivity contribution in [1.29, 1.82) is 5.41 Å². The second kappa shape index (κ2) is 27.9. The van der Waals surface area contributed by atoms with Crippen LogP contribution >= 0.6 is 0 Å². The summed E-state index contributed by atoms with van der Waals surface area (Å²) in [4.78, 5) is 67.1. The second-order valence-corrected chi connectivity index (χ2v) is 16.1. The SMILES string of the molecule is Cc1cc(C)c(CNC(=O)c2cc(C3=CCN(C(=O)COCCOCCOCC(=O)NCCOCCOCCOCCC(=O)OC(C)(C)C)CC3)cc(NC(C)C)c2C=N)c(=O)[nH]1. The Morgan fingerprint density at radius 3 is 2.05 bits per heavy atom. The fraction of sp³-hybridized carbons (Fsp3) is 0.600. The van der Waals surface area contributed by atoms with E-state index in [1.807, 2.05) is 59.8 Å². The maximum atomic E-state index is 13.6. The third-order valence-corrected chi connectivity index (χ3v) is 9.25. The van der Waals surface area contributed by atoms with Gasteiger partial charge >= 0.3 is 5.97 Å². The van der Waals surface area contributed by atoms with Gasteiger partial charge in [0.15, 0.2) is 0 Å². The first-order valence-corrected chi connectivity index (χ1v) is 21.4. The molecule has 0 saturated carbocycles. The van der Waals surface area contributed by atoms with Crippen molar-refractivity contribution >= 4 is 41.2 Å². The number of pyridine rings is 1. The van der Waals surface area contributed by atoms with Gasteiger partial charge in [-0.2, -0.15) is 0 Å². The van der Waals surface area contributed by atoms with Gasteiger partial charge < -0.3 is 64.4 Å². The molecule has 5 N–H and O–H groups in total. The Balaban J connectivity index is 1.26. The largest absolute Gasteiger partial charge is 0.460 e. The molecule has 63 heavy (non-hydrogen) atoms. The van der Waals surface area contributed by atoms with Gasteiger partial charge in [0.1, 0.15) is 18.8 Å². The zero-order chi connectivity index (χ0) is 46.2. The van der Waals surface area contributed by atoms with Gasteiger partial charge in [-0.05, 0) is 89.8 Å². The molecule has 0 unspecified atom stereocenters. The van der Waals surface area contributed by atoms with Crippen LogP contribution < -0.4 is 21.5 Å². The molecule has 1 aromatic carbocycles. The maximum Gasteiger partial charge on any atom is 0.308 e. The highest BCUT2D eigenvalue weighted by molar-refractivity contribution is 6.06. The Morgan fingerprint density at radius 1 is 0.841 bits per heavy atom. The Kier molecular flexibility index (Phi) is 23.2. The quantitative estimate of drug-likeness (QED) is 0.0450. The minimum atomic E-state index is -0.509. The van der Waals surface area contributed by atoms with Crippen molar-refractivity contribution in [3.63, 3.8) is 0 Å². The van der Waals surface area contributed by atoms with Gasteiger partial charge in [-0.1, -0.05) is 6.08 Å². The molecular formula is C45H68N6O12. The van der Waals surface area contributed by atoms with E-state index < -0.39 is 11.5 Å². The Bertz CT molecular complexity index is 1890. The maximum absolute atomic E-state index is 13.6. The van der Waals surface area contributed by atoms with Crippen LogP contribution in [0, 0.1) is 19.3 Å². The number of ether oxygens (including phenoxy) is 7. The molecule has 0 fully saturated rings. The summed E-state index contributed by atoms with van der Waals surface area (Å²) in [6, 6.07) is 5.58. The molecule has 18 heteroatoms. The van der Waals surface area contributed by atoms with Crippen molar-refractivity contribution in [1.82, 2.24) is 20.5 Å². The summed E-state index contributed by atoms with van der Waals surface area (Å²) >= 11 is 0. The molecule has 1 aromatic heterocycles. The predicted octanol–water partition coefficient (Wildman–Crippen LogP) is 3.30. The molecule has 2 heterocycles. The standard InChI is InChI=1S/C45H68N6O12/c1-31(2)49-39-26-35(25-36(37(39)27-46)43(55)48-28-38-32(3)24-33(4)50-44(38)56)34-8-12-51(13-9-34)41(53)30-62-23-21-60-20-22-61-29-40(52)47-11-15-58-17-19-59-18-16-57-14-10-42(54)63-45(5,6)7/h8,24-27,31,46,49H,9-23,28-30H2,1-7H3,(H,47,52)(H,48,55)(H,50,56). The summed E-state index contributed by atoms with van der Waals surface area (Å²) in [5.41, 5.74) is 4.40. The average molecular weight is 885 g/mol. The van der Waals surface area contributed by atoms with Crippen LogP contribution in [-0.4, -0.2) is 150 Å². The lowest BCUT2D eigenvalue weighted by atomic mass is 9.93. The number of amides is 3. The summed E-state index contributed by atoms with van der Waals surface area (Å²) in [5, 5.41) is 17.1. The van der Waals surface area contributed by atoms with Gasteiger partial charge in [0.2, 0.25) is 11.8 Å². The van der Waals surface area contributed by atoms with Gasteiger partial charge in [0, 0.05) is 60.9 Å². The van der Waals surface area contributed by atoms with Gasteiger partial charge in [-0.25, -0.2) is 0 Å². The molecule has 3 amide bonds. The Hall–Kier alpha value is -4.98. The Morgan fingerprint density at radius 2 is 1.46 bits per heavy atom. The van der Waals surface area contributed by atoms with Gasteiger partial charge in [0.25, 0.3) is 11.5 Å². The molecule has 0 atom stereocenters. The van der Waals surface area contributed by atoms with Crippen LogP contribution in [0.4, 0.5) is 5.69 Å². The van der Waals surface area contributed by atoms with Gasteiger partial charge in [-0.3, -0.25) is 24.0 Å². The summed E-state index contributed by atoms with van der Waals surface area (Å²) < 4.78 is 37.8. The van der Waals surface area contributed by atoms with Crippen LogP contribution in [0.3, 0.4) is 0 Å². The first kappa shape index (κ1) is 52.4. The minimum absolute atomic E-state index is 0.0372. The zero-order valence-electron chi connectivity index (χ0n) is 38.0. The second-order valence-electron chi connectivity index (χ2n) is 16.1. The molecule has 0 spiro atoms. The highest BCUT2D eigenvalue weighted by Gasteiger charge is 2.22. The number of aromatic amines is 1. The van der Waals surface area contributed by atoms with Crippen LogP contribution in [0.5, 0.6) is 0 Å². The summed E-state index contributed by atoms with van der Waals surface area (Å²) in [5.74, 6) is -1.13. The number of carbonyl (C=O) groups is 4. The summed E-state index contributed by atoms with van der Waals surface area (Å²) in [7, 11) is 0. The lowest BCUT2D eigenvalue weighted by Gasteiger charge is -2.27. The van der Waals surface area contributed by atoms with E-state index in [-0.39, 0.29) is 88.6 Å². The fourth-order valence-electron chi connectivity index (χ4n) is 6.29. The highest BCUT2D eigenvalue weighted by atomic mass is 16.6. The minimum Gasteiger partial charge on any atom is -0.460 e. The van der Waals surface area contributed by atoms with Crippen molar-refractivity contribution in [3.05, 3.63) is 68.1 Å². The molecular weight excluding hydrogens is 817 g/mol. The molecule has 350 valence electrons. The van der Waals surface area contributed by atoms with E-state index in [0.29, 0.717) is 81.5 Å². The lowest BCUT2D eigenvalue weighted by molar-refractivity contribution is -0.156. The molecule has 1 aliphatic rings. The third-order valence-electron chi connectivity index (χ3n) is 9.25. The topological polar surface area (TPSA) is 229 Å². The zero-order valence-corrected chi connectivity index (χ0v) is 38.0. The van der Waals surface area contributed by atoms with E-state index in [2.05, 4.69) is 20.9 Å². The molecule has 0 radical (unpaired) electrons. The van der Waals surface area contributed by atoms with E-state index in [9.17, 15) is 24.0 Å². The fourth-order valence-corrected chi connectivity index (χ4v) is 6.29. The highest BCUT2D eigenvalue weighted by Crippen LogP contribution is 2.30. The number of aryl methyl sites for hydroxylation is 2. The molecule has 0 bridgehead atoms. The normalized spacial score (nSPS) is 12.8. The molecule has 3 rings (SSSR count). The van der Waals surface area contributed by atoms with Gasteiger partial charge in [0.05, 0.1) is 78.1 Å². The van der Waals surface area contributed by atoms with E-state index in [4.69, 9.17) is 38.6 Å². The molecule has 2 aromatic rings.